The molecule has 0 atom stereocenters. The monoisotopic (exact) mass is 415 g/mol. The number of carbonyl (C=O) groups is 1. The molecule has 3 heterocycles. The predicted molar refractivity (Wildman–Crippen MR) is 104 cm³/mol. The van der Waals surface area contributed by atoms with E-state index in [9.17, 15) is 9.18 Å². The van der Waals surface area contributed by atoms with Gasteiger partial charge in [-0.3, -0.25) is 9.78 Å². The second-order valence-electron chi connectivity index (χ2n) is 7.03. The second kappa shape index (κ2) is 8.24. The molecule has 1 amide bonds. The maximum Gasteiger partial charge on any atom is 0.278 e. The van der Waals surface area contributed by atoms with Gasteiger partial charge >= 0.3 is 0 Å². The second-order valence-corrected chi connectivity index (χ2v) is 7.44. The number of aromatic nitrogens is 4. The van der Waals surface area contributed by atoms with Crippen molar-refractivity contribution in [3.63, 3.8) is 0 Å². The van der Waals surface area contributed by atoms with E-state index in [2.05, 4.69) is 20.1 Å². The summed E-state index contributed by atoms with van der Waals surface area (Å²) in [6, 6.07) is 4.43. The standard InChI is InChI=1S/C20H19ClFN5O2/c1-12-10-24-17(11-23-12)20-25-19(26-29-20)13-5-7-27(8-6-13)18(28)9-14-15(21)3-2-4-16(14)22/h2-4,10-11,13H,5-9H2,1H3. The highest BCUT2D eigenvalue weighted by Crippen LogP contribution is 2.28. The van der Waals surface area contributed by atoms with Crippen molar-refractivity contribution >= 4 is 17.5 Å². The van der Waals surface area contributed by atoms with Gasteiger partial charge in [-0.2, -0.15) is 4.98 Å². The fourth-order valence-corrected chi connectivity index (χ4v) is 3.59. The molecule has 7 nitrogen and oxygen atoms in total. The van der Waals surface area contributed by atoms with Crippen molar-refractivity contribution in [1.82, 2.24) is 25.0 Å². The molecule has 150 valence electrons. The lowest BCUT2D eigenvalue weighted by Crippen LogP contribution is -2.39. The molecule has 1 saturated heterocycles. The highest BCUT2D eigenvalue weighted by atomic mass is 35.5. The summed E-state index contributed by atoms with van der Waals surface area (Å²) in [5.41, 5.74) is 1.58. The van der Waals surface area contributed by atoms with Crippen LogP contribution in [0.2, 0.25) is 5.02 Å². The molecule has 29 heavy (non-hydrogen) atoms. The number of piperidine rings is 1. The van der Waals surface area contributed by atoms with Gasteiger partial charge in [0.05, 0.1) is 18.3 Å². The van der Waals surface area contributed by atoms with Crippen molar-refractivity contribution < 1.29 is 13.7 Å². The van der Waals surface area contributed by atoms with Gasteiger partial charge in [-0.1, -0.05) is 22.8 Å². The Morgan fingerprint density at radius 2 is 2.07 bits per heavy atom. The quantitative estimate of drug-likeness (QED) is 0.647. The SMILES string of the molecule is Cc1cnc(-c2nc(C3CCN(C(=O)Cc4c(F)cccc4Cl)CC3)no2)cn1. The maximum atomic E-state index is 13.9. The van der Waals surface area contributed by atoms with Crippen molar-refractivity contribution in [1.29, 1.82) is 0 Å². The van der Waals surface area contributed by atoms with Crippen LogP contribution in [0.4, 0.5) is 4.39 Å². The number of rotatable bonds is 4. The highest BCUT2D eigenvalue weighted by molar-refractivity contribution is 6.31. The van der Waals surface area contributed by atoms with Crippen LogP contribution in [-0.2, 0) is 11.2 Å². The zero-order valence-corrected chi connectivity index (χ0v) is 16.6. The van der Waals surface area contributed by atoms with Gasteiger partial charge in [0.2, 0.25) is 5.91 Å². The van der Waals surface area contributed by atoms with E-state index in [1.165, 1.54) is 12.1 Å². The van der Waals surface area contributed by atoms with Crippen molar-refractivity contribution in [2.75, 3.05) is 13.1 Å². The van der Waals surface area contributed by atoms with Crippen LogP contribution in [-0.4, -0.2) is 44.0 Å². The molecule has 1 aliphatic rings. The summed E-state index contributed by atoms with van der Waals surface area (Å²) in [7, 11) is 0. The average molecular weight is 416 g/mol. The first-order chi connectivity index (χ1) is 14.0. The Kier molecular flexibility index (Phi) is 5.53. The van der Waals surface area contributed by atoms with Crippen LogP contribution in [0.25, 0.3) is 11.6 Å². The van der Waals surface area contributed by atoms with Crippen LogP contribution >= 0.6 is 11.6 Å². The van der Waals surface area contributed by atoms with Gasteiger partial charge in [0.15, 0.2) is 5.82 Å². The Morgan fingerprint density at radius 3 is 2.76 bits per heavy atom. The number of hydrogen-bond acceptors (Lipinski definition) is 6. The van der Waals surface area contributed by atoms with Crippen LogP contribution in [0, 0.1) is 12.7 Å². The maximum absolute atomic E-state index is 13.9. The summed E-state index contributed by atoms with van der Waals surface area (Å²) in [5, 5.41) is 4.35. The fourth-order valence-electron chi connectivity index (χ4n) is 3.36. The third-order valence-corrected chi connectivity index (χ3v) is 5.40. The Bertz CT molecular complexity index is 996. The lowest BCUT2D eigenvalue weighted by atomic mass is 9.95. The van der Waals surface area contributed by atoms with E-state index in [-0.39, 0.29) is 28.8 Å². The zero-order valence-electron chi connectivity index (χ0n) is 15.8. The molecule has 1 fully saturated rings. The molecule has 9 heteroatoms. The largest absolute Gasteiger partial charge is 0.342 e. The van der Waals surface area contributed by atoms with Crippen molar-refractivity contribution in [2.24, 2.45) is 0 Å². The van der Waals surface area contributed by atoms with Crippen molar-refractivity contribution in [3.8, 4) is 11.6 Å². The Balaban J connectivity index is 1.37. The van der Waals surface area contributed by atoms with E-state index >= 15 is 0 Å². The number of nitrogens with zero attached hydrogens (tertiary/aromatic N) is 5. The third kappa shape index (κ3) is 4.27. The number of amides is 1. The number of hydrogen-bond donors (Lipinski definition) is 0. The summed E-state index contributed by atoms with van der Waals surface area (Å²) < 4.78 is 19.3. The van der Waals surface area contributed by atoms with Crippen LogP contribution < -0.4 is 0 Å². The molecule has 1 aliphatic heterocycles. The Hall–Kier alpha value is -2.87. The number of halogens is 2. The van der Waals surface area contributed by atoms with Gasteiger partial charge in [0, 0.05) is 35.8 Å². The van der Waals surface area contributed by atoms with Crippen LogP contribution in [0.15, 0.2) is 35.1 Å². The number of carbonyl (C=O) groups excluding carboxylic acids is 1. The minimum atomic E-state index is -0.459. The summed E-state index contributed by atoms with van der Waals surface area (Å²) >= 11 is 6.03. The molecule has 0 radical (unpaired) electrons. The lowest BCUT2D eigenvalue weighted by Gasteiger charge is -2.30. The van der Waals surface area contributed by atoms with Gasteiger partial charge < -0.3 is 9.42 Å². The van der Waals surface area contributed by atoms with E-state index in [1.54, 1.807) is 23.4 Å². The average Bonchev–Trinajstić information content (AvgIpc) is 3.21. The van der Waals surface area contributed by atoms with Gasteiger partial charge in [-0.05, 0) is 31.9 Å². The first-order valence-electron chi connectivity index (χ1n) is 9.34. The predicted octanol–water partition coefficient (Wildman–Crippen LogP) is 3.58. The van der Waals surface area contributed by atoms with Crippen LogP contribution in [0.1, 0.15) is 35.8 Å². The van der Waals surface area contributed by atoms with E-state index in [0.29, 0.717) is 43.3 Å². The molecule has 2 aromatic heterocycles. The molecule has 0 N–H and O–H groups in total. The van der Waals surface area contributed by atoms with E-state index in [4.69, 9.17) is 16.1 Å². The van der Waals surface area contributed by atoms with Gasteiger partial charge in [-0.15, -0.1) is 0 Å². The van der Waals surface area contributed by atoms with E-state index in [0.717, 1.165) is 5.69 Å². The minimum absolute atomic E-state index is 0.0470. The molecule has 0 aliphatic carbocycles. The molecule has 4 rings (SSSR count). The smallest absolute Gasteiger partial charge is 0.278 e. The summed E-state index contributed by atoms with van der Waals surface area (Å²) in [6.45, 7) is 2.94. The normalized spacial score (nSPS) is 14.9. The van der Waals surface area contributed by atoms with E-state index in [1.807, 2.05) is 6.92 Å². The van der Waals surface area contributed by atoms with Gasteiger partial charge in [-0.25, -0.2) is 9.37 Å². The highest BCUT2D eigenvalue weighted by Gasteiger charge is 2.28. The summed E-state index contributed by atoms with van der Waals surface area (Å²) in [5.74, 6) is 0.428. The minimum Gasteiger partial charge on any atom is -0.342 e. The van der Waals surface area contributed by atoms with Crippen LogP contribution in [0.5, 0.6) is 0 Å². The van der Waals surface area contributed by atoms with E-state index < -0.39 is 5.82 Å². The van der Waals surface area contributed by atoms with Gasteiger partial charge in [0.25, 0.3) is 5.89 Å². The topological polar surface area (TPSA) is 85.0 Å². The number of likely N-dealkylation sites (tertiary alicyclic amines) is 1. The summed E-state index contributed by atoms with van der Waals surface area (Å²) in [6.07, 6.45) is 4.60. The molecule has 0 saturated carbocycles. The first-order valence-corrected chi connectivity index (χ1v) is 9.72. The Labute approximate surface area is 171 Å². The van der Waals surface area contributed by atoms with Crippen molar-refractivity contribution in [3.05, 3.63) is 58.5 Å². The first kappa shape index (κ1) is 19.4. The fraction of sp³-hybridized carbons (Fsp3) is 0.350. The number of aryl methyl sites for hydroxylation is 1. The summed E-state index contributed by atoms with van der Waals surface area (Å²) in [4.78, 5) is 27.2. The van der Waals surface area contributed by atoms with Gasteiger partial charge in [0.1, 0.15) is 11.5 Å². The lowest BCUT2D eigenvalue weighted by molar-refractivity contribution is -0.131. The molecule has 0 spiro atoms. The number of benzene rings is 1. The molecular formula is C20H19ClFN5O2. The molecule has 1 aromatic carbocycles. The molecule has 0 unspecified atom stereocenters. The molecular weight excluding hydrogens is 397 g/mol. The molecule has 0 bridgehead atoms. The van der Waals surface area contributed by atoms with Crippen molar-refractivity contribution in [2.45, 2.75) is 32.1 Å². The third-order valence-electron chi connectivity index (χ3n) is 5.04. The zero-order chi connectivity index (χ0) is 20.4. The van der Waals surface area contributed by atoms with Crippen LogP contribution in [0.3, 0.4) is 0 Å². The Morgan fingerprint density at radius 1 is 1.28 bits per heavy atom. The molecule has 3 aromatic rings.